The Morgan fingerprint density at radius 1 is 1.32 bits per heavy atom. The molecule has 0 atom stereocenters. The largest absolute Gasteiger partial charge is 0.318 e. The van der Waals surface area contributed by atoms with Gasteiger partial charge in [-0.25, -0.2) is 9.67 Å². The maximum Gasteiger partial charge on any atom is 0.275 e. The predicted molar refractivity (Wildman–Crippen MR) is 93.7 cm³/mol. The summed E-state index contributed by atoms with van der Waals surface area (Å²) in [6, 6.07) is 1.87. The number of aromatic amines is 1. The topological polar surface area (TPSA) is 101 Å². The van der Waals surface area contributed by atoms with E-state index in [0.717, 1.165) is 21.8 Å². The van der Waals surface area contributed by atoms with Crippen LogP contribution in [0.25, 0.3) is 16.3 Å². The van der Waals surface area contributed by atoms with Crippen LogP contribution < -0.4 is 5.32 Å². The summed E-state index contributed by atoms with van der Waals surface area (Å²) in [6.45, 7) is 1.95. The van der Waals surface area contributed by atoms with Crippen molar-refractivity contribution < 1.29 is 4.79 Å². The Balaban J connectivity index is 1.51. The third-order valence-corrected chi connectivity index (χ3v) is 4.45. The van der Waals surface area contributed by atoms with E-state index in [1.165, 1.54) is 11.3 Å². The molecule has 0 saturated carbocycles. The van der Waals surface area contributed by atoms with Crippen molar-refractivity contribution in [3.05, 3.63) is 59.9 Å². The molecule has 2 N–H and O–H groups in total. The van der Waals surface area contributed by atoms with Crippen LogP contribution in [0.4, 0.5) is 5.69 Å². The summed E-state index contributed by atoms with van der Waals surface area (Å²) in [5, 5.41) is 16.2. The molecule has 8 nitrogen and oxygen atoms in total. The number of aryl methyl sites for hydroxylation is 1. The molecule has 1 amide bonds. The number of carbonyl (C=O) groups excluding carboxylic acids is 1. The van der Waals surface area contributed by atoms with E-state index in [1.807, 2.05) is 13.0 Å². The van der Waals surface area contributed by atoms with Gasteiger partial charge < -0.3 is 5.32 Å². The van der Waals surface area contributed by atoms with E-state index >= 15 is 0 Å². The number of rotatable bonds is 4. The minimum absolute atomic E-state index is 0.281. The van der Waals surface area contributed by atoms with Gasteiger partial charge >= 0.3 is 0 Å². The lowest BCUT2D eigenvalue weighted by molar-refractivity contribution is 0.102. The highest BCUT2D eigenvalue weighted by atomic mass is 32.1. The van der Waals surface area contributed by atoms with Crippen LogP contribution in [0, 0.1) is 6.92 Å². The number of H-pyrrole nitrogens is 1. The molecule has 4 rings (SSSR count). The van der Waals surface area contributed by atoms with E-state index in [-0.39, 0.29) is 5.91 Å². The Hall–Kier alpha value is -3.33. The monoisotopic (exact) mass is 351 g/mol. The fourth-order valence-electron chi connectivity index (χ4n) is 2.32. The van der Waals surface area contributed by atoms with E-state index in [2.05, 4.69) is 30.6 Å². The van der Waals surface area contributed by atoms with Gasteiger partial charge in [0.15, 0.2) is 0 Å². The van der Waals surface area contributed by atoms with Crippen LogP contribution in [0.1, 0.15) is 16.1 Å². The van der Waals surface area contributed by atoms with Gasteiger partial charge in [0.25, 0.3) is 5.91 Å². The number of hydrogen-bond donors (Lipinski definition) is 2. The fraction of sp³-hybridized carbons (Fsp3) is 0.0625. The summed E-state index contributed by atoms with van der Waals surface area (Å²) in [5.41, 5.74) is 3.71. The molecule has 0 aromatic carbocycles. The molecular formula is C16H13N7OS. The zero-order chi connectivity index (χ0) is 17.2. The van der Waals surface area contributed by atoms with E-state index in [1.54, 1.807) is 47.2 Å². The molecule has 4 heterocycles. The molecule has 9 heteroatoms. The first-order valence-electron chi connectivity index (χ1n) is 7.42. The van der Waals surface area contributed by atoms with Crippen molar-refractivity contribution in [2.75, 3.05) is 5.32 Å². The quantitative estimate of drug-likeness (QED) is 0.588. The zero-order valence-electron chi connectivity index (χ0n) is 13.2. The van der Waals surface area contributed by atoms with Gasteiger partial charge in [-0.15, -0.1) is 11.3 Å². The van der Waals surface area contributed by atoms with Crippen molar-refractivity contribution in [1.29, 1.82) is 0 Å². The van der Waals surface area contributed by atoms with Gasteiger partial charge in [-0.1, -0.05) is 0 Å². The van der Waals surface area contributed by atoms with Crippen molar-refractivity contribution in [3.63, 3.8) is 0 Å². The number of nitrogens with zero attached hydrogens (tertiary/aromatic N) is 5. The fourth-order valence-corrected chi connectivity index (χ4v) is 3.10. The molecule has 124 valence electrons. The molecule has 0 spiro atoms. The Morgan fingerprint density at radius 2 is 2.24 bits per heavy atom. The summed E-state index contributed by atoms with van der Waals surface area (Å²) in [5.74, 6) is -0.281. The number of pyridine rings is 1. The van der Waals surface area contributed by atoms with Gasteiger partial charge in [0.05, 0.1) is 30.0 Å². The second kappa shape index (κ2) is 6.29. The lowest BCUT2D eigenvalue weighted by atomic mass is 10.3. The molecule has 25 heavy (non-hydrogen) atoms. The maximum absolute atomic E-state index is 12.4. The predicted octanol–water partition coefficient (Wildman–Crippen LogP) is 2.67. The van der Waals surface area contributed by atoms with Crippen LogP contribution in [0.5, 0.6) is 0 Å². The molecule has 0 fully saturated rings. The van der Waals surface area contributed by atoms with Crippen LogP contribution in [0.3, 0.4) is 0 Å². The van der Waals surface area contributed by atoms with Crippen LogP contribution in [0.2, 0.25) is 0 Å². The van der Waals surface area contributed by atoms with E-state index in [4.69, 9.17) is 0 Å². The number of carbonyl (C=O) groups is 1. The lowest BCUT2D eigenvalue weighted by Crippen LogP contribution is -2.11. The first-order chi connectivity index (χ1) is 12.2. The summed E-state index contributed by atoms with van der Waals surface area (Å²) in [7, 11) is 0. The summed E-state index contributed by atoms with van der Waals surface area (Å²) >= 11 is 1.39. The molecule has 0 bridgehead atoms. The Kier molecular flexibility index (Phi) is 3.82. The second-order valence-electron chi connectivity index (χ2n) is 5.31. The summed E-state index contributed by atoms with van der Waals surface area (Å²) < 4.78 is 1.70. The van der Waals surface area contributed by atoms with Crippen molar-refractivity contribution in [2.45, 2.75) is 6.92 Å². The number of anilines is 1. The van der Waals surface area contributed by atoms with Gasteiger partial charge in [-0.3, -0.25) is 14.9 Å². The number of aromatic nitrogens is 6. The summed E-state index contributed by atoms with van der Waals surface area (Å²) in [4.78, 5) is 20.8. The van der Waals surface area contributed by atoms with Crippen LogP contribution in [0.15, 0.2) is 48.6 Å². The minimum atomic E-state index is -0.281. The molecule has 0 aliphatic rings. The molecule has 0 unspecified atom stereocenters. The van der Waals surface area contributed by atoms with Crippen molar-refractivity contribution in [1.82, 2.24) is 29.9 Å². The number of thiazole rings is 1. The van der Waals surface area contributed by atoms with Crippen molar-refractivity contribution in [3.8, 4) is 16.3 Å². The number of nitrogens with one attached hydrogen (secondary N) is 2. The minimum Gasteiger partial charge on any atom is -0.318 e. The first-order valence-corrected chi connectivity index (χ1v) is 8.30. The smallest absolute Gasteiger partial charge is 0.275 e. The molecule has 0 aliphatic carbocycles. The van der Waals surface area contributed by atoms with E-state index in [0.29, 0.717) is 11.4 Å². The molecule has 4 aromatic heterocycles. The normalized spacial score (nSPS) is 10.8. The molecule has 4 aromatic rings. The first kappa shape index (κ1) is 15.2. The Bertz CT molecular complexity index is 1020. The Labute approximate surface area is 146 Å². The number of hydrogen-bond acceptors (Lipinski definition) is 6. The highest BCUT2D eigenvalue weighted by molar-refractivity contribution is 7.13. The maximum atomic E-state index is 12.4. The van der Waals surface area contributed by atoms with Crippen molar-refractivity contribution >= 4 is 22.9 Å². The highest BCUT2D eigenvalue weighted by Gasteiger charge is 2.14. The average Bonchev–Trinajstić information content (AvgIpc) is 3.36. The van der Waals surface area contributed by atoms with Crippen LogP contribution >= 0.6 is 11.3 Å². The zero-order valence-corrected chi connectivity index (χ0v) is 14.0. The van der Waals surface area contributed by atoms with E-state index < -0.39 is 0 Å². The van der Waals surface area contributed by atoms with Crippen molar-refractivity contribution in [2.24, 2.45) is 0 Å². The van der Waals surface area contributed by atoms with E-state index in [9.17, 15) is 4.79 Å². The molecule has 0 aliphatic heterocycles. The van der Waals surface area contributed by atoms with Gasteiger partial charge in [0, 0.05) is 29.5 Å². The third kappa shape index (κ3) is 3.04. The molecule has 0 radical (unpaired) electrons. The SMILES string of the molecule is Cc1cnccc1-n1cc(NC(=O)c2csc(-c3cn[nH]c3)n2)cn1. The highest BCUT2D eigenvalue weighted by Crippen LogP contribution is 2.23. The van der Waals surface area contributed by atoms with Crippen LogP contribution in [-0.4, -0.2) is 35.9 Å². The third-order valence-electron chi connectivity index (χ3n) is 3.56. The van der Waals surface area contributed by atoms with Gasteiger partial charge in [0.1, 0.15) is 10.7 Å². The van der Waals surface area contributed by atoms with Crippen LogP contribution in [-0.2, 0) is 0 Å². The van der Waals surface area contributed by atoms with Gasteiger partial charge in [-0.2, -0.15) is 10.2 Å². The van der Waals surface area contributed by atoms with Gasteiger partial charge in [0.2, 0.25) is 0 Å². The molecule has 0 saturated heterocycles. The standard InChI is InChI=1S/C16H13N7OS/c1-10-4-17-3-2-14(10)23-8-12(7-20-23)21-15(24)13-9-25-16(22-13)11-5-18-19-6-11/h2-9H,1H3,(H,18,19)(H,21,24). The second-order valence-corrected chi connectivity index (χ2v) is 6.17. The van der Waals surface area contributed by atoms with Gasteiger partial charge in [-0.05, 0) is 18.6 Å². The molecular weight excluding hydrogens is 338 g/mol. The number of amides is 1. The summed E-state index contributed by atoms with van der Waals surface area (Å²) in [6.07, 6.45) is 10.2. The average molecular weight is 351 g/mol. The lowest BCUT2D eigenvalue weighted by Gasteiger charge is -2.03. The Morgan fingerprint density at radius 3 is 3.04 bits per heavy atom.